The third kappa shape index (κ3) is 5.74. The molecule has 0 aliphatic heterocycles. The average Bonchev–Trinajstić information content (AvgIpc) is 3.06. The molecule has 0 aliphatic rings. The summed E-state index contributed by atoms with van der Waals surface area (Å²) in [5, 5.41) is 13.3. The van der Waals surface area contributed by atoms with Crippen molar-refractivity contribution in [3.63, 3.8) is 0 Å². The number of nitrogens with zero attached hydrogens (tertiary/aromatic N) is 3. The molecule has 7 heteroatoms. The summed E-state index contributed by atoms with van der Waals surface area (Å²) in [5.74, 6) is 2.74. The Morgan fingerprint density at radius 3 is 2.70 bits per heavy atom. The maximum atomic E-state index is 9.14. The van der Waals surface area contributed by atoms with Gasteiger partial charge in [0.05, 0.1) is 19.9 Å². The highest BCUT2D eigenvalue weighted by Crippen LogP contribution is 2.28. The first-order valence-corrected chi connectivity index (χ1v) is 8.95. The van der Waals surface area contributed by atoms with Crippen LogP contribution in [0.15, 0.2) is 27.7 Å². The minimum Gasteiger partial charge on any atom is -0.493 e. The number of anilines is 1. The summed E-state index contributed by atoms with van der Waals surface area (Å²) in [7, 11) is 1.60. The predicted molar refractivity (Wildman–Crippen MR) is 104 cm³/mol. The molecule has 0 saturated heterocycles. The van der Waals surface area contributed by atoms with Crippen LogP contribution in [0.2, 0.25) is 0 Å². The van der Waals surface area contributed by atoms with Crippen molar-refractivity contribution in [2.24, 2.45) is 11.0 Å². The Bertz CT molecular complexity index is 819. The topological polar surface area (TPSA) is 92.7 Å². The van der Waals surface area contributed by atoms with Gasteiger partial charge in [-0.1, -0.05) is 27.7 Å². The average molecular weight is 370 g/mol. The summed E-state index contributed by atoms with van der Waals surface area (Å²) in [6.07, 6.45) is 2.59. The van der Waals surface area contributed by atoms with Crippen molar-refractivity contribution in [2.45, 2.75) is 40.0 Å². The zero-order valence-electron chi connectivity index (χ0n) is 16.4. The fourth-order valence-electron chi connectivity index (χ4n) is 2.19. The lowest BCUT2D eigenvalue weighted by Gasteiger charge is -2.12. The van der Waals surface area contributed by atoms with Gasteiger partial charge in [0.15, 0.2) is 11.5 Å². The molecule has 0 radical (unpaired) electrons. The molecule has 0 fully saturated rings. The Morgan fingerprint density at radius 1 is 1.30 bits per heavy atom. The summed E-state index contributed by atoms with van der Waals surface area (Å²) < 4.78 is 16.7. The minimum absolute atomic E-state index is 0.0872. The second kappa shape index (κ2) is 9.62. The van der Waals surface area contributed by atoms with Crippen molar-refractivity contribution in [3.8, 4) is 17.6 Å². The van der Waals surface area contributed by atoms with Gasteiger partial charge in [0, 0.05) is 5.92 Å². The first-order valence-electron chi connectivity index (χ1n) is 8.95. The number of hydrogen-bond acceptors (Lipinski definition) is 7. The van der Waals surface area contributed by atoms with Crippen molar-refractivity contribution in [2.75, 3.05) is 19.1 Å². The molecule has 0 spiro atoms. The fraction of sp³-hybridized carbons (Fsp3) is 0.450. The highest BCUT2D eigenvalue weighted by molar-refractivity contribution is 5.81. The van der Waals surface area contributed by atoms with Gasteiger partial charge in [0.1, 0.15) is 6.07 Å². The molecule has 0 unspecified atom stereocenters. The van der Waals surface area contributed by atoms with Crippen LogP contribution in [0, 0.1) is 17.2 Å². The van der Waals surface area contributed by atoms with Crippen molar-refractivity contribution < 1.29 is 13.9 Å². The van der Waals surface area contributed by atoms with E-state index in [1.54, 1.807) is 13.3 Å². The fourth-order valence-corrected chi connectivity index (χ4v) is 2.19. The summed E-state index contributed by atoms with van der Waals surface area (Å²) in [6.45, 7) is 8.84. The number of nitrogens with one attached hydrogen (secondary N) is 1. The van der Waals surface area contributed by atoms with Crippen LogP contribution < -0.4 is 14.9 Å². The van der Waals surface area contributed by atoms with E-state index in [0.717, 1.165) is 12.0 Å². The van der Waals surface area contributed by atoms with Crippen LogP contribution in [-0.4, -0.2) is 24.9 Å². The van der Waals surface area contributed by atoms with Crippen LogP contribution in [0.1, 0.15) is 57.2 Å². The molecule has 0 atom stereocenters. The number of aromatic nitrogens is 1. The first kappa shape index (κ1) is 20.3. The zero-order chi connectivity index (χ0) is 19.8. The van der Waals surface area contributed by atoms with E-state index in [-0.39, 0.29) is 17.5 Å². The van der Waals surface area contributed by atoms with E-state index >= 15 is 0 Å². The van der Waals surface area contributed by atoms with Gasteiger partial charge in [-0.2, -0.15) is 10.4 Å². The molecule has 0 amide bonds. The van der Waals surface area contributed by atoms with Crippen molar-refractivity contribution in [3.05, 3.63) is 35.3 Å². The number of hydrogen-bond donors (Lipinski definition) is 1. The van der Waals surface area contributed by atoms with Gasteiger partial charge in [-0.3, -0.25) is 0 Å². The maximum absolute atomic E-state index is 9.14. The quantitative estimate of drug-likeness (QED) is 0.514. The van der Waals surface area contributed by atoms with Gasteiger partial charge < -0.3 is 13.9 Å². The third-order valence-corrected chi connectivity index (χ3v) is 3.76. The van der Waals surface area contributed by atoms with Crippen LogP contribution in [0.3, 0.4) is 0 Å². The van der Waals surface area contributed by atoms with E-state index in [1.165, 1.54) is 0 Å². The van der Waals surface area contributed by atoms with Crippen LogP contribution in [0.5, 0.6) is 11.5 Å². The number of rotatable bonds is 9. The lowest BCUT2D eigenvalue weighted by Crippen LogP contribution is -2.03. The first-order chi connectivity index (χ1) is 12.9. The maximum Gasteiger partial charge on any atom is 0.252 e. The van der Waals surface area contributed by atoms with E-state index in [0.29, 0.717) is 29.9 Å². The Hall–Kier alpha value is -3.01. The van der Waals surface area contributed by atoms with Crippen molar-refractivity contribution in [1.82, 2.24) is 4.98 Å². The SMILES string of the molecule is COc1cc(/C=N/Nc2oc(C(C)C)nc2C#N)ccc1OCCC(C)C. The van der Waals surface area contributed by atoms with Crippen LogP contribution in [0.4, 0.5) is 5.88 Å². The monoisotopic (exact) mass is 370 g/mol. The largest absolute Gasteiger partial charge is 0.493 e. The zero-order valence-corrected chi connectivity index (χ0v) is 16.4. The van der Waals surface area contributed by atoms with Gasteiger partial charge in [0.2, 0.25) is 11.6 Å². The predicted octanol–water partition coefficient (Wildman–Crippen LogP) is 4.55. The third-order valence-electron chi connectivity index (χ3n) is 3.76. The molecule has 1 N–H and O–H groups in total. The molecule has 7 nitrogen and oxygen atoms in total. The minimum atomic E-state index is 0.0872. The lowest BCUT2D eigenvalue weighted by atomic mass is 10.1. The number of nitriles is 1. The standard InChI is InChI=1S/C20H26N4O3/c1-13(2)8-9-26-17-7-6-15(10-18(17)25-5)12-22-24-20-16(11-21)23-19(27-20)14(3)4/h6-7,10,12-14,24H,8-9H2,1-5H3/b22-12+. The van der Waals surface area contributed by atoms with Crippen molar-refractivity contribution in [1.29, 1.82) is 5.26 Å². The molecule has 1 heterocycles. The molecule has 2 rings (SSSR count). The Labute approximate surface area is 160 Å². The van der Waals surface area contributed by atoms with E-state index < -0.39 is 0 Å². The van der Waals surface area contributed by atoms with Crippen LogP contribution in [0.25, 0.3) is 0 Å². The molecule has 0 bridgehead atoms. The molecule has 2 aromatic rings. The Balaban J connectivity index is 2.06. The van der Waals surface area contributed by atoms with Gasteiger partial charge in [0.25, 0.3) is 5.88 Å². The van der Waals surface area contributed by atoms with Gasteiger partial charge >= 0.3 is 0 Å². The van der Waals surface area contributed by atoms with Gasteiger partial charge in [-0.15, -0.1) is 0 Å². The number of benzene rings is 1. The summed E-state index contributed by atoms with van der Waals surface area (Å²) in [4.78, 5) is 4.13. The highest BCUT2D eigenvalue weighted by Gasteiger charge is 2.14. The van der Waals surface area contributed by atoms with Crippen molar-refractivity contribution >= 4 is 12.1 Å². The molecule has 1 aromatic heterocycles. The highest BCUT2D eigenvalue weighted by atomic mass is 16.5. The molecule has 1 aromatic carbocycles. The molecular formula is C20H26N4O3. The van der Waals surface area contributed by atoms with Gasteiger partial charge in [-0.25, -0.2) is 10.4 Å². The molecular weight excluding hydrogens is 344 g/mol. The van der Waals surface area contributed by atoms with E-state index in [9.17, 15) is 0 Å². The van der Waals surface area contributed by atoms with Gasteiger partial charge in [-0.05, 0) is 36.1 Å². The number of methoxy groups -OCH3 is 1. The summed E-state index contributed by atoms with van der Waals surface area (Å²) in [5.41, 5.74) is 3.73. The normalized spacial score (nSPS) is 11.2. The molecule has 0 aliphatic carbocycles. The summed E-state index contributed by atoms with van der Waals surface area (Å²) in [6, 6.07) is 7.56. The molecule has 144 valence electrons. The lowest BCUT2D eigenvalue weighted by molar-refractivity contribution is 0.273. The Kier molecular flexibility index (Phi) is 7.24. The van der Waals surface area contributed by atoms with E-state index in [4.69, 9.17) is 19.2 Å². The van der Waals surface area contributed by atoms with Crippen LogP contribution >= 0.6 is 0 Å². The van der Waals surface area contributed by atoms with Crippen LogP contribution in [-0.2, 0) is 0 Å². The molecule has 0 saturated carbocycles. The van der Waals surface area contributed by atoms with E-state index in [1.807, 2.05) is 38.1 Å². The number of ether oxygens (including phenoxy) is 2. The Morgan fingerprint density at radius 2 is 2.07 bits per heavy atom. The molecule has 27 heavy (non-hydrogen) atoms. The number of hydrazone groups is 1. The number of oxazole rings is 1. The smallest absolute Gasteiger partial charge is 0.252 e. The van der Waals surface area contributed by atoms with E-state index in [2.05, 4.69) is 29.4 Å². The summed E-state index contributed by atoms with van der Waals surface area (Å²) >= 11 is 0. The second-order valence-electron chi connectivity index (χ2n) is 6.81. The second-order valence-corrected chi connectivity index (χ2v) is 6.81.